The molecule has 0 unspecified atom stereocenters. The largest absolute Gasteiger partial charge is 0.378 e. The predicted molar refractivity (Wildman–Crippen MR) is 81.8 cm³/mol. The van der Waals surface area contributed by atoms with Gasteiger partial charge in [-0.15, -0.1) is 0 Å². The lowest BCUT2D eigenvalue weighted by Crippen LogP contribution is -2.39. The number of anilines is 1. The Hall–Kier alpha value is -1.55. The molecule has 2 aliphatic heterocycles. The molecule has 21 heavy (non-hydrogen) atoms. The van der Waals surface area contributed by atoms with Crippen molar-refractivity contribution in [3.05, 3.63) is 29.3 Å². The van der Waals surface area contributed by atoms with E-state index in [-0.39, 0.29) is 5.91 Å². The first-order valence-electron chi connectivity index (χ1n) is 8.05. The fourth-order valence-electron chi connectivity index (χ4n) is 4.23. The summed E-state index contributed by atoms with van der Waals surface area (Å²) in [5.41, 5.74) is 3.33. The number of fused-ring (bicyclic) bond motifs is 3. The molecule has 1 saturated carbocycles. The highest BCUT2D eigenvalue weighted by Gasteiger charge is 2.45. The number of nitrogens with one attached hydrogen (secondary N) is 1. The first-order valence-corrected chi connectivity index (χ1v) is 8.05. The van der Waals surface area contributed by atoms with Crippen molar-refractivity contribution in [3.8, 4) is 0 Å². The third-order valence-electron chi connectivity index (χ3n) is 5.20. The van der Waals surface area contributed by atoms with E-state index >= 15 is 0 Å². The molecule has 3 atom stereocenters. The minimum Gasteiger partial charge on any atom is -0.378 e. The first-order chi connectivity index (χ1) is 10.3. The van der Waals surface area contributed by atoms with E-state index in [2.05, 4.69) is 29.3 Å². The van der Waals surface area contributed by atoms with Gasteiger partial charge in [0, 0.05) is 42.9 Å². The van der Waals surface area contributed by atoms with Crippen LogP contribution in [0.3, 0.4) is 0 Å². The maximum atomic E-state index is 11.8. The molecule has 4 heteroatoms. The van der Waals surface area contributed by atoms with Gasteiger partial charge in [-0.05, 0) is 49.9 Å². The molecule has 3 aliphatic rings. The van der Waals surface area contributed by atoms with E-state index in [0.717, 1.165) is 38.1 Å². The van der Waals surface area contributed by atoms with Crippen LogP contribution in [0, 0.1) is 5.92 Å². The van der Waals surface area contributed by atoms with E-state index in [1.807, 2.05) is 6.07 Å². The Morgan fingerprint density at radius 1 is 1.38 bits per heavy atom. The first kappa shape index (κ1) is 13.1. The zero-order valence-corrected chi connectivity index (χ0v) is 12.5. The third kappa shape index (κ3) is 2.13. The second-order valence-electron chi connectivity index (χ2n) is 6.38. The van der Waals surface area contributed by atoms with Crippen molar-refractivity contribution in [2.75, 3.05) is 24.6 Å². The van der Waals surface area contributed by atoms with E-state index in [1.165, 1.54) is 17.7 Å². The van der Waals surface area contributed by atoms with Gasteiger partial charge in [0.2, 0.25) is 0 Å². The molecule has 1 aromatic carbocycles. The van der Waals surface area contributed by atoms with Gasteiger partial charge < -0.3 is 15.0 Å². The topological polar surface area (TPSA) is 41.6 Å². The lowest BCUT2D eigenvalue weighted by atomic mass is 9.98. The maximum absolute atomic E-state index is 11.8. The van der Waals surface area contributed by atoms with Crippen LogP contribution < -0.4 is 10.2 Å². The van der Waals surface area contributed by atoms with Gasteiger partial charge in [0.25, 0.3) is 5.91 Å². The standard InChI is InChI=1S/C17H22N2O2/c1-2-21-16-9-14-8-12(16)10-19(14)13-3-4-15-11(7-13)5-6-18-17(15)20/h3-4,7,12,14,16H,2,5-6,8-10H2,1H3,(H,18,20)/t12-,14-,16+/m0/s1. The number of hydrogen-bond acceptors (Lipinski definition) is 3. The van der Waals surface area contributed by atoms with Gasteiger partial charge in [-0.1, -0.05) is 0 Å². The average molecular weight is 286 g/mol. The Morgan fingerprint density at radius 2 is 2.29 bits per heavy atom. The predicted octanol–water partition coefficient (Wildman–Crippen LogP) is 1.98. The Kier molecular flexibility index (Phi) is 3.14. The van der Waals surface area contributed by atoms with E-state index < -0.39 is 0 Å². The molecule has 112 valence electrons. The van der Waals surface area contributed by atoms with Crippen molar-refractivity contribution in [2.45, 2.75) is 38.3 Å². The molecular formula is C17H22N2O2. The Labute approximate surface area is 125 Å². The highest BCUT2D eigenvalue weighted by molar-refractivity contribution is 5.97. The molecule has 1 saturated heterocycles. The Morgan fingerprint density at radius 3 is 3.05 bits per heavy atom. The maximum Gasteiger partial charge on any atom is 0.251 e. The highest BCUT2D eigenvalue weighted by atomic mass is 16.5. The fraction of sp³-hybridized carbons (Fsp3) is 0.588. The van der Waals surface area contributed by atoms with Crippen molar-refractivity contribution < 1.29 is 9.53 Å². The summed E-state index contributed by atoms with van der Waals surface area (Å²) in [6.45, 7) is 4.76. The van der Waals surface area contributed by atoms with Gasteiger partial charge in [-0.2, -0.15) is 0 Å². The summed E-state index contributed by atoms with van der Waals surface area (Å²) in [6, 6.07) is 6.94. The number of amides is 1. The molecule has 2 bridgehead atoms. The van der Waals surface area contributed by atoms with Crippen LogP contribution in [-0.4, -0.2) is 37.7 Å². The highest BCUT2D eigenvalue weighted by Crippen LogP contribution is 2.42. The van der Waals surface area contributed by atoms with E-state index in [1.54, 1.807) is 0 Å². The van der Waals surface area contributed by atoms with Crippen molar-refractivity contribution in [2.24, 2.45) is 5.92 Å². The Bertz CT molecular complexity index is 572. The number of ether oxygens (including phenoxy) is 1. The minimum atomic E-state index is 0.0714. The molecular weight excluding hydrogens is 264 g/mol. The number of piperidine rings is 1. The van der Waals surface area contributed by atoms with Gasteiger partial charge in [0.15, 0.2) is 0 Å². The van der Waals surface area contributed by atoms with E-state index in [4.69, 9.17) is 4.74 Å². The average Bonchev–Trinajstić information content (AvgIpc) is 3.07. The van der Waals surface area contributed by atoms with Crippen LogP contribution in [-0.2, 0) is 11.2 Å². The normalized spacial score (nSPS) is 30.4. The van der Waals surface area contributed by atoms with Crippen molar-refractivity contribution in [3.63, 3.8) is 0 Å². The van der Waals surface area contributed by atoms with Crippen LogP contribution in [0.15, 0.2) is 18.2 Å². The zero-order valence-electron chi connectivity index (χ0n) is 12.5. The Balaban J connectivity index is 1.55. The summed E-state index contributed by atoms with van der Waals surface area (Å²) in [5.74, 6) is 0.747. The summed E-state index contributed by atoms with van der Waals surface area (Å²) in [7, 11) is 0. The summed E-state index contributed by atoms with van der Waals surface area (Å²) in [4.78, 5) is 14.3. The van der Waals surface area contributed by atoms with Gasteiger partial charge in [-0.25, -0.2) is 0 Å². The lowest BCUT2D eigenvalue weighted by Gasteiger charge is -2.33. The number of carbonyl (C=O) groups excluding carboxylic acids is 1. The lowest BCUT2D eigenvalue weighted by molar-refractivity contribution is 0.0327. The van der Waals surface area contributed by atoms with Crippen LogP contribution in [0.1, 0.15) is 35.7 Å². The van der Waals surface area contributed by atoms with Crippen LogP contribution >= 0.6 is 0 Å². The molecule has 1 aromatic rings. The molecule has 0 radical (unpaired) electrons. The molecule has 0 spiro atoms. The summed E-state index contributed by atoms with van der Waals surface area (Å²) in [5, 5.41) is 2.90. The second-order valence-corrected chi connectivity index (χ2v) is 6.38. The SMILES string of the molecule is CCO[C@@H]1C[C@@H]2C[C@H]1CN2c1ccc2c(c1)CCNC2=O. The third-order valence-corrected chi connectivity index (χ3v) is 5.20. The fourth-order valence-corrected chi connectivity index (χ4v) is 4.23. The molecule has 1 amide bonds. The number of hydrogen-bond donors (Lipinski definition) is 1. The van der Waals surface area contributed by atoms with Gasteiger partial charge in [0.1, 0.15) is 0 Å². The molecule has 1 aliphatic carbocycles. The zero-order chi connectivity index (χ0) is 14.4. The van der Waals surface area contributed by atoms with Gasteiger partial charge >= 0.3 is 0 Å². The second kappa shape index (κ2) is 5.02. The number of nitrogens with zero attached hydrogens (tertiary/aromatic N) is 1. The van der Waals surface area contributed by atoms with Crippen LogP contribution in [0.25, 0.3) is 0 Å². The van der Waals surface area contributed by atoms with Crippen molar-refractivity contribution >= 4 is 11.6 Å². The minimum absolute atomic E-state index is 0.0714. The monoisotopic (exact) mass is 286 g/mol. The van der Waals surface area contributed by atoms with Crippen molar-refractivity contribution in [1.29, 1.82) is 0 Å². The smallest absolute Gasteiger partial charge is 0.251 e. The van der Waals surface area contributed by atoms with Gasteiger partial charge in [-0.3, -0.25) is 4.79 Å². The summed E-state index contributed by atoms with van der Waals surface area (Å²) in [6.07, 6.45) is 3.80. The van der Waals surface area contributed by atoms with E-state index in [0.29, 0.717) is 18.1 Å². The molecule has 4 nitrogen and oxygen atoms in total. The van der Waals surface area contributed by atoms with Crippen LogP contribution in [0.4, 0.5) is 5.69 Å². The number of carbonyl (C=O) groups is 1. The van der Waals surface area contributed by atoms with Gasteiger partial charge in [0.05, 0.1) is 6.10 Å². The number of rotatable bonds is 3. The van der Waals surface area contributed by atoms with Crippen molar-refractivity contribution in [1.82, 2.24) is 5.32 Å². The summed E-state index contributed by atoms with van der Waals surface area (Å²) < 4.78 is 5.85. The van der Waals surface area contributed by atoms with Crippen LogP contribution in [0.2, 0.25) is 0 Å². The molecule has 0 aromatic heterocycles. The number of benzene rings is 1. The molecule has 4 rings (SSSR count). The molecule has 2 fully saturated rings. The quantitative estimate of drug-likeness (QED) is 0.924. The molecule has 2 heterocycles. The molecule has 1 N–H and O–H groups in total. The van der Waals surface area contributed by atoms with E-state index in [9.17, 15) is 4.79 Å². The van der Waals surface area contributed by atoms with Crippen LogP contribution in [0.5, 0.6) is 0 Å². The summed E-state index contributed by atoms with van der Waals surface area (Å²) >= 11 is 0.